The summed E-state index contributed by atoms with van der Waals surface area (Å²) >= 11 is -2.83. The van der Waals surface area contributed by atoms with E-state index in [2.05, 4.69) is 48.9 Å². The molecule has 1 aliphatic rings. The number of Topliss-reactive ketones (excluding diaryl/α,β-unsaturated/α-hetero) is 2. The van der Waals surface area contributed by atoms with E-state index in [1.807, 2.05) is 6.07 Å². The van der Waals surface area contributed by atoms with Crippen LogP contribution in [0.3, 0.4) is 0 Å². The van der Waals surface area contributed by atoms with Crippen LogP contribution in [-0.4, -0.2) is 133 Å². The molecule has 1 aliphatic heterocycles. The fraction of sp³-hybridized carbons (Fsp3) is 0.556. The molecule has 22 heteroatoms. The molecule has 1 heterocycles. The first-order valence-electron chi connectivity index (χ1n) is 26.3. The van der Waals surface area contributed by atoms with Crippen LogP contribution in [0, 0.1) is 11.8 Å². The van der Waals surface area contributed by atoms with Gasteiger partial charge in [0.1, 0.15) is 0 Å². The van der Waals surface area contributed by atoms with Crippen LogP contribution in [0.5, 0.6) is 0 Å². The van der Waals surface area contributed by atoms with E-state index in [0.29, 0.717) is 17.0 Å². The topological polar surface area (TPSA) is 334 Å². The summed E-state index contributed by atoms with van der Waals surface area (Å²) in [6.45, 7) is 6.82. The van der Waals surface area contributed by atoms with E-state index in [1.165, 1.54) is 54.4 Å². The molecule has 0 aromatic heterocycles. The molecule has 76 heavy (non-hydrogen) atoms. The monoisotopic (exact) mass is 1170 g/mol. The molecule has 1 saturated heterocycles. The van der Waals surface area contributed by atoms with Crippen LogP contribution in [0.2, 0.25) is 13.3 Å². The molecule has 0 saturated carbocycles. The second kappa shape index (κ2) is 32.8. The number of nitrogens with one attached hydrogen (secondary N) is 3. The molecule has 0 bridgehead atoms. The number of carbonyl (C=O) groups excluding carboxylic acids is 8. The van der Waals surface area contributed by atoms with Crippen LogP contribution >= 0.6 is 0 Å². The molecule has 0 unspecified atom stereocenters. The summed E-state index contributed by atoms with van der Waals surface area (Å²) in [4.78, 5) is 157. The fourth-order valence-electron chi connectivity index (χ4n) is 9.13. The van der Waals surface area contributed by atoms with Crippen LogP contribution in [0.1, 0.15) is 174 Å². The molecule has 2 aromatic rings. The van der Waals surface area contributed by atoms with E-state index < -0.39 is 159 Å². The molecule has 0 radical (unpaired) electrons. The number of carbonyl (C=O) groups is 12. The molecule has 21 nitrogen and oxygen atoms in total. The number of carboxylic acid groups (broad SMARTS) is 4. The number of imide groups is 1. The Hall–Kier alpha value is -6.52. The van der Waals surface area contributed by atoms with Gasteiger partial charge in [-0.1, -0.05) is 12.1 Å². The van der Waals surface area contributed by atoms with Crippen molar-refractivity contribution in [3.63, 3.8) is 0 Å². The molecule has 3 rings (SSSR count). The summed E-state index contributed by atoms with van der Waals surface area (Å²) in [6, 6.07) is 9.73. The molecule has 1 fully saturated rings. The Morgan fingerprint density at radius 1 is 0.592 bits per heavy atom. The quantitative estimate of drug-likeness (QED) is 0.0176. The van der Waals surface area contributed by atoms with E-state index in [9.17, 15) is 78.0 Å². The molecular weight excluding hydrogens is 1100 g/mol. The predicted octanol–water partition coefficient (Wildman–Crippen LogP) is 5.98. The standard InChI is InChI=1S/C42H47N4O17.3C4H9.Sn/c47-31(25-9-6-10-28(21-25)42(62)63-46-33(49)15-16-34(46)50)22-26(12-17-35(51)52)39(58)44-29(14-19-37(55)56)32(48)23-27(13-18-36(53)54)40(59)45-30(41(60)61)11-4-5-20-43-38(57)24-7-2-1-3-8-24;3*1-3-4-2;/h1-2,6-10,21,26-27,29-30H,4-5,11-20,22-23H2,(H,43,57)(H,44,58)(H,45,59)(H,51,52)(H,53,54)(H,55,56)(H,60,61);3*1,3-4H2,2H3;/t26-,27-,29+,30+;;;;/m0..../s1. The summed E-state index contributed by atoms with van der Waals surface area (Å²) in [6.07, 6.45) is 2.13. The first-order valence-corrected chi connectivity index (χ1v) is 33.7. The number of amides is 5. The van der Waals surface area contributed by atoms with Crippen molar-refractivity contribution in [1.82, 2.24) is 21.0 Å². The van der Waals surface area contributed by atoms with Crippen molar-refractivity contribution in [2.75, 3.05) is 6.54 Å². The van der Waals surface area contributed by atoms with E-state index in [0.717, 1.165) is 25.3 Å². The van der Waals surface area contributed by atoms with Gasteiger partial charge in [0.25, 0.3) is 11.8 Å². The van der Waals surface area contributed by atoms with Crippen LogP contribution < -0.4 is 19.5 Å². The molecule has 4 atom stereocenters. The zero-order valence-electron chi connectivity index (χ0n) is 43.7. The zero-order chi connectivity index (χ0) is 56.4. The Balaban J connectivity index is 1.72. The Bertz CT molecular complexity index is 2370. The molecule has 0 spiro atoms. The first-order chi connectivity index (χ1) is 36.1. The third-order valence-corrected chi connectivity index (χ3v) is 29.2. The van der Waals surface area contributed by atoms with Crippen molar-refractivity contribution in [3.8, 4) is 0 Å². The second-order valence-electron chi connectivity index (χ2n) is 19.4. The van der Waals surface area contributed by atoms with Gasteiger partial charge >= 0.3 is 223 Å². The molecule has 7 N–H and O–H groups in total. The van der Waals surface area contributed by atoms with E-state index in [4.69, 9.17) is 4.84 Å². The van der Waals surface area contributed by atoms with Crippen molar-refractivity contribution < 1.29 is 82.8 Å². The van der Waals surface area contributed by atoms with Crippen molar-refractivity contribution in [2.45, 2.75) is 168 Å². The Morgan fingerprint density at radius 2 is 1.09 bits per heavy atom. The Labute approximate surface area is 446 Å². The van der Waals surface area contributed by atoms with E-state index in [-0.39, 0.29) is 49.3 Å². The van der Waals surface area contributed by atoms with Crippen LogP contribution in [0.4, 0.5) is 0 Å². The average molecular weight is 1170 g/mol. The summed E-state index contributed by atoms with van der Waals surface area (Å²) < 4.78 is 5.08. The third kappa shape index (κ3) is 21.2. The normalized spacial score (nSPS) is 14.0. The maximum absolute atomic E-state index is 13.9. The number of hydrogen-bond donors (Lipinski definition) is 7. The van der Waals surface area contributed by atoms with Gasteiger partial charge in [0.05, 0.1) is 11.6 Å². The van der Waals surface area contributed by atoms with Gasteiger partial charge in [-0.05, 0) is 31.4 Å². The number of benzene rings is 2. The van der Waals surface area contributed by atoms with E-state index >= 15 is 0 Å². The van der Waals surface area contributed by atoms with Gasteiger partial charge in [0.2, 0.25) is 5.91 Å². The SMILES string of the molecule is CCC[CH2][Sn]([CH2]CCC)([CH2]CCC)[c]1cccc(C(=O)NCCCC[C@@H](NC(=O)[C@@H](CCC(=O)O)CC(=O)[C@@H](CCC(=O)O)NC(=O)[C@@H](CCC(=O)O)CC(=O)c2cccc(C(=O)ON3C(=O)CCC3=O)c2)C(=O)O)c1. The number of rotatable bonds is 38. The zero-order valence-corrected chi connectivity index (χ0v) is 46.6. The maximum atomic E-state index is 13.9. The van der Waals surface area contributed by atoms with Crippen molar-refractivity contribution in [1.29, 1.82) is 0 Å². The number of ketones is 2. The van der Waals surface area contributed by atoms with Gasteiger partial charge in [-0.15, -0.1) is 5.06 Å². The van der Waals surface area contributed by atoms with Crippen molar-refractivity contribution in [3.05, 3.63) is 65.2 Å². The van der Waals surface area contributed by atoms with Gasteiger partial charge in [0, 0.05) is 62.3 Å². The van der Waals surface area contributed by atoms with Crippen LogP contribution in [0.15, 0.2) is 48.5 Å². The second-order valence-corrected chi connectivity index (χ2v) is 32.7. The molecule has 416 valence electrons. The molecular formula is C54H74N4O17Sn. The van der Waals surface area contributed by atoms with Crippen LogP contribution in [-0.2, 0) is 48.0 Å². The number of carboxylic acids is 4. The molecule has 0 aliphatic carbocycles. The fourth-order valence-corrected chi connectivity index (χ4v) is 25.2. The number of aliphatic carboxylic acids is 4. The number of hydroxylamine groups is 2. The summed E-state index contributed by atoms with van der Waals surface area (Å²) in [7, 11) is 0. The first kappa shape index (κ1) is 63.8. The molecule has 5 amide bonds. The number of unbranched alkanes of at least 4 members (excludes halogenated alkanes) is 4. The summed E-state index contributed by atoms with van der Waals surface area (Å²) in [5.41, 5.74) is 0.169. The summed E-state index contributed by atoms with van der Waals surface area (Å²) in [5, 5.41) is 46.5. The molecule has 2 aromatic carbocycles. The number of nitrogens with zero attached hydrogens (tertiary/aromatic N) is 1. The minimum atomic E-state index is -2.83. The Kier molecular flexibility index (Phi) is 27.5. The van der Waals surface area contributed by atoms with Gasteiger partial charge in [-0.25, -0.2) is 4.79 Å². The van der Waals surface area contributed by atoms with Gasteiger partial charge in [0.15, 0.2) is 11.6 Å². The predicted molar refractivity (Wildman–Crippen MR) is 278 cm³/mol. The average Bonchev–Trinajstić information content (AvgIpc) is 3.70. The Morgan fingerprint density at radius 3 is 1.63 bits per heavy atom. The third-order valence-electron chi connectivity index (χ3n) is 13.6. The van der Waals surface area contributed by atoms with Gasteiger partial charge in [-0.3, -0.25) is 43.2 Å². The van der Waals surface area contributed by atoms with E-state index in [1.54, 1.807) is 6.07 Å². The number of hydrogen-bond acceptors (Lipinski definition) is 13. The minimum absolute atomic E-state index is 0.0992. The van der Waals surface area contributed by atoms with Gasteiger partial charge < -0.3 is 25.5 Å². The summed E-state index contributed by atoms with van der Waals surface area (Å²) in [5.74, 6) is -15.0. The van der Waals surface area contributed by atoms with Crippen LogP contribution in [0.25, 0.3) is 0 Å². The van der Waals surface area contributed by atoms with Crippen molar-refractivity contribution in [2.24, 2.45) is 11.8 Å². The van der Waals surface area contributed by atoms with Gasteiger partial charge in [-0.2, -0.15) is 0 Å². The van der Waals surface area contributed by atoms with Crippen molar-refractivity contribution >= 4 is 92.9 Å².